The topological polar surface area (TPSA) is 87.7 Å². The molecular weight excluding hydrogens is 501 g/mol. The van der Waals surface area contributed by atoms with Gasteiger partial charge in [-0.05, 0) is 49.4 Å². The molecule has 0 saturated heterocycles. The first-order chi connectivity index (χ1) is 14.1. The van der Waals surface area contributed by atoms with E-state index in [-0.39, 0.29) is 43.0 Å². The second-order valence-corrected chi connectivity index (χ2v) is 8.95. The summed E-state index contributed by atoms with van der Waals surface area (Å²) in [5.74, 6) is -0.494. The van der Waals surface area contributed by atoms with Crippen LogP contribution in [0.4, 0.5) is 10.1 Å². The van der Waals surface area contributed by atoms with Crippen molar-refractivity contribution in [3.05, 3.63) is 74.8 Å². The van der Waals surface area contributed by atoms with Crippen molar-refractivity contribution >= 4 is 62.1 Å². The highest BCUT2D eigenvalue weighted by Gasteiger charge is 2.20. The molecule has 162 valence electrons. The third-order valence-electron chi connectivity index (χ3n) is 3.51. The van der Waals surface area contributed by atoms with Gasteiger partial charge in [0.1, 0.15) is 11.6 Å². The number of allylic oxidation sites excluding steroid dienone is 4. The number of halogens is 5. The molecule has 0 aliphatic rings. The summed E-state index contributed by atoms with van der Waals surface area (Å²) in [6.45, 7) is 1.60. The number of benzene rings is 2. The largest absolute Gasteiger partial charge is 0.457 e. The summed E-state index contributed by atoms with van der Waals surface area (Å²) in [4.78, 5) is -0.248. The Hall–Kier alpha value is -1.68. The molecule has 0 unspecified atom stereocenters. The van der Waals surface area contributed by atoms with Gasteiger partial charge in [-0.15, -0.1) is 11.6 Å². The van der Waals surface area contributed by atoms with E-state index in [1.54, 1.807) is 6.92 Å². The Kier molecular flexibility index (Phi) is 8.66. The van der Waals surface area contributed by atoms with Gasteiger partial charge in [0.15, 0.2) is 5.75 Å². The van der Waals surface area contributed by atoms with Crippen LogP contribution in [0.3, 0.4) is 0 Å². The first-order valence-electron chi connectivity index (χ1n) is 8.05. The highest BCUT2D eigenvalue weighted by molar-refractivity contribution is 7.92. The first-order valence-corrected chi connectivity index (χ1v) is 11.2. The van der Waals surface area contributed by atoms with Crippen LogP contribution < -0.4 is 14.9 Å². The van der Waals surface area contributed by atoms with Crippen molar-refractivity contribution in [2.45, 2.75) is 11.8 Å². The van der Waals surface area contributed by atoms with E-state index in [0.717, 1.165) is 24.3 Å². The molecule has 0 aliphatic heterocycles. The van der Waals surface area contributed by atoms with Crippen molar-refractivity contribution < 1.29 is 22.8 Å². The Morgan fingerprint density at radius 3 is 2.30 bits per heavy atom. The van der Waals surface area contributed by atoms with Crippen molar-refractivity contribution in [3.8, 4) is 5.75 Å². The van der Waals surface area contributed by atoms with E-state index < -0.39 is 15.8 Å². The summed E-state index contributed by atoms with van der Waals surface area (Å²) in [6.07, 6.45) is 2.97. The van der Waals surface area contributed by atoms with Gasteiger partial charge in [-0.25, -0.2) is 12.8 Å². The fourth-order valence-electron chi connectivity index (χ4n) is 2.06. The third-order valence-corrected chi connectivity index (χ3v) is 5.99. The molecule has 0 aliphatic carbocycles. The lowest BCUT2D eigenvalue weighted by atomic mass is 10.3. The van der Waals surface area contributed by atoms with E-state index in [1.807, 2.05) is 5.48 Å². The molecule has 0 fully saturated rings. The molecule has 0 saturated carbocycles. The van der Waals surface area contributed by atoms with E-state index >= 15 is 0 Å². The number of rotatable bonds is 8. The fraction of sp³-hybridized carbons (Fsp3) is 0.111. The van der Waals surface area contributed by atoms with Gasteiger partial charge in [-0.3, -0.25) is 15.4 Å². The van der Waals surface area contributed by atoms with Gasteiger partial charge in [0.2, 0.25) is 0 Å². The van der Waals surface area contributed by atoms with Gasteiger partial charge in [0, 0.05) is 5.70 Å². The summed E-state index contributed by atoms with van der Waals surface area (Å²) in [5, 5.41) is 8.38. The normalized spacial score (nSPS) is 12.6. The summed E-state index contributed by atoms with van der Waals surface area (Å²) >= 11 is 23.8. The van der Waals surface area contributed by atoms with Crippen molar-refractivity contribution in [2.24, 2.45) is 0 Å². The first kappa shape index (κ1) is 24.6. The lowest BCUT2D eigenvalue weighted by molar-refractivity contribution is 0.201. The van der Waals surface area contributed by atoms with Crippen LogP contribution in [0.15, 0.2) is 58.8 Å². The zero-order chi connectivity index (χ0) is 22.5. The number of ether oxygens (including phenoxy) is 1. The maximum atomic E-state index is 13.3. The highest BCUT2D eigenvalue weighted by atomic mass is 35.5. The lowest BCUT2D eigenvalue weighted by Crippen LogP contribution is -2.13. The van der Waals surface area contributed by atoms with Crippen LogP contribution in [-0.2, 0) is 10.0 Å². The molecule has 12 heteroatoms. The number of alkyl halides is 1. The average molecular weight is 516 g/mol. The molecule has 6 nitrogen and oxygen atoms in total. The van der Waals surface area contributed by atoms with Gasteiger partial charge < -0.3 is 4.74 Å². The van der Waals surface area contributed by atoms with Crippen molar-refractivity contribution in [1.29, 1.82) is 0 Å². The number of hydrogen-bond acceptors (Lipinski definition) is 5. The monoisotopic (exact) mass is 514 g/mol. The van der Waals surface area contributed by atoms with Crippen LogP contribution in [0.2, 0.25) is 15.1 Å². The van der Waals surface area contributed by atoms with Crippen LogP contribution in [0.25, 0.3) is 0 Å². The second-order valence-electron chi connectivity index (χ2n) is 5.78. The molecule has 0 bridgehead atoms. The van der Waals surface area contributed by atoms with E-state index in [1.165, 1.54) is 18.2 Å². The van der Waals surface area contributed by atoms with Crippen LogP contribution >= 0.6 is 46.4 Å². The summed E-state index contributed by atoms with van der Waals surface area (Å²) in [6, 6.07) is 5.65. The van der Waals surface area contributed by atoms with Gasteiger partial charge in [-0.1, -0.05) is 34.8 Å². The molecule has 0 atom stereocenters. The third kappa shape index (κ3) is 6.41. The Morgan fingerprint density at radius 2 is 1.77 bits per heavy atom. The van der Waals surface area contributed by atoms with E-state index in [2.05, 4.69) is 4.72 Å². The van der Waals surface area contributed by atoms with Gasteiger partial charge in [0.25, 0.3) is 10.0 Å². The Labute approximate surface area is 192 Å². The molecule has 2 aromatic rings. The zero-order valence-electron chi connectivity index (χ0n) is 15.2. The van der Waals surface area contributed by atoms with Crippen molar-refractivity contribution in [3.63, 3.8) is 0 Å². The van der Waals surface area contributed by atoms with Crippen LogP contribution in [0, 0.1) is 5.82 Å². The molecule has 2 aromatic carbocycles. The van der Waals surface area contributed by atoms with E-state index in [4.69, 9.17) is 56.3 Å². The maximum absolute atomic E-state index is 13.3. The number of hydrogen-bond donors (Lipinski definition) is 3. The molecule has 0 radical (unpaired) electrons. The SMILES string of the molecule is C/C(=C\C=C(/CCl)Oc1c(Cl)cc(S(=O)(=O)Nc2ccc(F)c(Cl)c2)cc1Cl)NO. The van der Waals surface area contributed by atoms with Crippen molar-refractivity contribution in [1.82, 2.24) is 5.48 Å². The minimum absolute atomic E-state index is 0.00276. The zero-order valence-corrected chi connectivity index (χ0v) is 19.1. The molecule has 0 amide bonds. The quantitative estimate of drug-likeness (QED) is 0.174. The van der Waals surface area contributed by atoms with Crippen LogP contribution in [0.5, 0.6) is 5.75 Å². The van der Waals surface area contributed by atoms with E-state index in [0.29, 0.717) is 5.70 Å². The molecular formula is C18H15Cl4FN2O4S. The molecule has 3 N–H and O–H groups in total. The van der Waals surface area contributed by atoms with Gasteiger partial charge >= 0.3 is 0 Å². The Morgan fingerprint density at radius 1 is 1.13 bits per heavy atom. The Bertz CT molecular complexity index is 1080. The standard InChI is InChI=1S/C18H15Cl4FN2O4S/c1-10(24-26)2-4-12(9-19)29-18-15(21)7-13(8-16(18)22)30(27,28)25-11-3-5-17(23)14(20)6-11/h2-8,24-26H,9H2,1H3/b10-2+,12-4+. The summed E-state index contributed by atoms with van der Waals surface area (Å²) < 4.78 is 46.3. The average Bonchev–Trinajstić information content (AvgIpc) is 2.69. The fourth-order valence-corrected chi connectivity index (χ4v) is 4.17. The smallest absolute Gasteiger partial charge is 0.262 e. The molecule has 0 spiro atoms. The number of hydroxylamine groups is 1. The van der Waals surface area contributed by atoms with Crippen LogP contribution in [-0.4, -0.2) is 19.5 Å². The Balaban J connectivity index is 2.33. The molecule has 2 rings (SSSR count). The molecule has 30 heavy (non-hydrogen) atoms. The van der Waals surface area contributed by atoms with E-state index in [9.17, 15) is 12.8 Å². The van der Waals surface area contributed by atoms with Crippen LogP contribution in [0.1, 0.15) is 6.92 Å². The van der Waals surface area contributed by atoms with Gasteiger partial charge in [-0.2, -0.15) is 0 Å². The predicted molar refractivity (Wildman–Crippen MR) is 117 cm³/mol. The molecule has 0 heterocycles. The maximum Gasteiger partial charge on any atom is 0.262 e. The minimum atomic E-state index is -4.11. The van der Waals surface area contributed by atoms with Crippen molar-refractivity contribution in [2.75, 3.05) is 10.6 Å². The predicted octanol–water partition coefficient (Wildman–Crippen LogP) is 5.97. The van der Waals surface area contributed by atoms with Gasteiger partial charge in [0.05, 0.1) is 31.5 Å². The number of sulfonamides is 1. The summed E-state index contributed by atoms with van der Waals surface area (Å²) in [7, 11) is -4.11. The highest BCUT2D eigenvalue weighted by Crippen LogP contribution is 2.37. The number of anilines is 1. The minimum Gasteiger partial charge on any atom is -0.457 e. The number of nitrogens with one attached hydrogen (secondary N) is 2. The summed E-state index contributed by atoms with van der Waals surface area (Å²) in [5.41, 5.74) is 2.42. The lowest BCUT2D eigenvalue weighted by Gasteiger charge is -2.14. The molecule has 0 aromatic heterocycles. The second kappa shape index (κ2) is 10.6.